The summed E-state index contributed by atoms with van der Waals surface area (Å²) in [6, 6.07) is -1.15. The zero-order chi connectivity index (χ0) is 22.6. The number of rotatable bonds is 17. The third kappa shape index (κ3) is 8.72. The van der Waals surface area contributed by atoms with Gasteiger partial charge in [-0.15, -0.1) is 0 Å². The average molecular weight is 445 g/mol. The second kappa shape index (κ2) is 14.3. The minimum absolute atomic E-state index is 0.462. The van der Waals surface area contributed by atoms with Crippen molar-refractivity contribution < 1.29 is 24.7 Å². The highest BCUT2D eigenvalue weighted by atomic mass is 31.2. The summed E-state index contributed by atoms with van der Waals surface area (Å²) < 4.78 is 0. The molecule has 6 N–H and O–H groups in total. The first-order valence-electron chi connectivity index (χ1n) is 11.4. The molecule has 0 aromatic carbocycles. The van der Waals surface area contributed by atoms with Crippen molar-refractivity contribution in [3.8, 4) is 0 Å². The minimum Gasteiger partial charge on any atom is -0.388 e. The fourth-order valence-electron chi connectivity index (χ4n) is 3.63. The Labute approximate surface area is 182 Å². The normalized spacial score (nSPS) is 24.1. The number of carbonyl (C=O) groups is 2. The highest BCUT2D eigenvalue weighted by molar-refractivity contribution is 7.85. The summed E-state index contributed by atoms with van der Waals surface area (Å²) in [4.78, 5) is 32.6. The van der Waals surface area contributed by atoms with Crippen LogP contribution >= 0.6 is 8.15 Å². The minimum atomic E-state index is -2.13. The highest BCUT2D eigenvalue weighted by Crippen LogP contribution is 2.65. The van der Waals surface area contributed by atoms with E-state index in [0.29, 0.717) is 0 Å². The largest absolute Gasteiger partial charge is 0.388 e. The van der Waals surface area contributed by atoms with Gasteiger partial charge in [0.25, 0.3) is 0 Å². The summed E-state index contributed by atoms with van der Waals surface area (Å²) in [5.41, 5.74) is 5.13. The quantitative estimate of drug-likeness (QED) is 0.133. The van der Waals surface area contributed by atoms with E-state index in [9.17, 15) is 24.7 Å². The van der Waals surface area contributed by atoms with Crippen LogP contribution in [0.25, 0.3) is 0 Å². The summed E-state index contributed by atoms with van der Waals surface area (Å²) in [7, 11) is -2.13. The third-order valence-corrected chi connectivity index (χ3v) is 7.37. The Balaban J connectivity index is 2.24. The van der Waals surface area contributed by atoms with Gasteiger partial charge in [0.2, 0.25) is 11.4 Å². The van der Waals surface area contributed by atoms with Gasteiger partial charge < -0.3 is 26.2 Å². The molecule has 1 heterocycles. The number of nitrogens with one attached hydrogen (secondary N) is 1. The molecule has 1 aliphatic rings. The molecule has 0 aliphatic carbocycles. The fourth-order valence-corrected chi connectivity index (χ4v) is 4.79. The number of amides is 1. The van der Waals surface area contributed by atoms with Gasteiger partial charge in [-0.2, -0.15) is 0 Å². The van der Waals surface area contributed by atoms with E-state index in [2.05, 4.69) is 12.2 Å². The fraction of sp³-hybridized carbons (Fsp3) is 0.818. The van der Waals surface area contributed by atoms with Gasteiger partial charge in [0.05, 0.1) is 12.1 Å². The number of aliphatic hydroxyl groups excluding tert-OH is 2. The lowest BCUT2D eigenvalue weighted by Crippen LogP contribution is -2.58. The molecule has 1 aliphatic heterocycles. The van der Waals surface area contributed by atoms with Crippen LogP contribution in [0, 0.1) is 0 Å². The van der Waals surface area contributed by atoms with Crippen LogP contribution in [-0.2, 0) is 9.59 Å². The third-order valence-electron chi connectivity index (χ3n) is 5.67. The lowest BCUT2D eigenvalue weighted by Gasteiger charge is -2.29. The SMILES string of the molecule is CCCCCCCCCCCCC/C=C/[C@@H](O)[C@H](NC(C)=O)C(O)C1(N)C(=O)P1O. The number of aliphatic hydroxyl groups is 2. The van der Waals surface area contributed by atoms with E-state index in [-0.39, 0.29) is 0 Å². The zero-order valence-corrected chi connectivity index (χ0v) is 19.4. The van der Waals surface area contributed by atoms with Gasteiger partial charge in [-0.3, -0.25) is 9.59 Å². The second-order valence-electron chi connectivity index (χ2n) is 8.36. The number of allylic oxidation sites excluding steroid dienone is 1. The van der Waals surface area contributed by atoms with Crippen molar-refractivity contribution in [2.75, 3.05) is 0 Å². The molecular weight excluding hydrogens is 403 g/mol. The molecule has 0 spiro atoms. The van der Waals surface area contributed by atoms with Crippen molar-refractivity contribution in [2.45, 2.75) is 114 Å². The molecule has 0 aromatic rings. The predicted molar refractivity (Wildman–Crippen MR) is 121 cm³/mol. The van der Waals surface area contributed by atoms with E-state index in [1.165, 1.54) is 70.8 Å². The second-order valence-corrected chi connectivity index (χ2v) is 10.1. The Morgan fingerprint density at radius 2 is 1.53 bits per heavy atom. The summed E-state index contributed by atoms with van der Waals surface area (Å²) in [6.07, 6.45) is 15.3. The number of carbonyl (C=O) groups excluding carboxylic acids is 2. The van der Waals surface area contributed by atoms with Gasteiger partial charge in [0.15, 0.2) is 5.28 Å². The molecule has 30 heavy (non-hydrogen) atoms. The lowest BCUT2D eigenvalue weighted by atomic mass is 9.98. The lowest BCUT2D eigenvalue weighted by molar-refractivity contribution is -0.122. The molecule has 1 fully saturated rings. The first-order chi connectivity index (χ1) is 14.3. The van der Waals surface area contributed by atoms with Crippen molar-refractivity contribution in [1.82, 2.24) is 5.32 Å². The molecule has 0 radical (unpaired) electrons. The standard InChI is InChI=1S/C22H41N2O5P/c1-3-4-5-6-7-8-9-10-11-12-13-14-15-16-18(26)19(24-17(2)25)20(27)22(23)21(28)30(22)29/h15-16,18-20,26-27,29H,3-14,23H2,1-2H3,(H,24,25)/b16-15+/t18-,19+,20?,22?,30?/m1/s1. The van der Waals surface area contributed by atoms with E-state index in [1.807, 2.05) is 6.08 Å². The van der Waals surface area contributed by atoms with Gasteiger partial charge in [-0.25, -0.2) is 0 Å². The molecule has 0 bridgehead atoms. The maximum Gasteiger partial charge on any atom is 0.217 e. The molecule has 1 saturated heterocycles. The number of unbranched alkanes of at least 4 members (excludes halogenated alkanes) is 11. The number of hydrogen-bond acceptors (Lipinski definition) is 6. The maximum absolute atomic E-state index is 11.6. The van der Waals surface area contributed by atoms with Crippen LogP contribution < -0.4 is 11.1 Å². The van der Waals surface area contributed by atoms with Crippen LogP contribution in [-0.4, -0.2) is 50.1 Å². The smallest absolute Gasteiger partial charge is 0.217 e. The van der Waals surface area contributed by atoms with E-state index in [1.54, 1.807) is 0 Å². The topological polar surface area (TPSA) is 133 Å². The number of hydrogen-bond donors (Lipinski definition) is 5. The zero-order valence-electron chi connectivity index (χ0n) is 18.6. The molecule has 1 rings (SSSR count). The van der Waals surface area contributed by atoms with Crippen LogP contribution in [0.2, 0.25) is 0 Å². The predicted octanol–water partition coefficient (Wildman–Crippen LogP) is 3.05. The van der Waals surface area contributed by atoms with Crippen LogP contribution in [0.4, 0.5) is 0 Å². The molecule has 5 atom stereocenters. The summed E-state index contributed by atoms with van der Waals surface area (Å²) in [5, 5.41) is 21.4. The Kier molecular flexibility index (Phi) is 12.9. The van der Waals surface area contributed by atoms with Crippen LogP contribution in [0.15, 0.2) is 12.2 Å². The average Bonchev–Trinajstić information content (AvgIpc) is 3.20. The van der Waals surface area contributed by atoms with Crippen molar-refractivity contribution in [1.29, 1.82) is 0 Å². The molecule has 174 valence electrons. The Bertz CT molecular complexity index is 560. The molecule has 0 aromatic heterocycles. The Morgan fingerprint density at radius 3 is 1.97 bits per heavy atom. The molecular formula is C22H41N2O5P. The van der Waals surface area contributed by atoms with Crippen LogP contribution in [0.3, 0.4) is 0 Å². The van der Waals surface area contributed by atoms with Gasteiger partial charge in [-0.1, -0.05) is 83.3 Å². The van der Waals surface area contributed by atoms with Crippen molar-refractivity contribution >= 4 is 19.6 Å². The highest BCUT2D eigenvalue weighted by Gasteiger charge is 2.69. The maximum atomic E-state index is 11.6. The summed E-state index contributed by atoms with van der Waals surface area (Å²) in [6.45, 7) is 3.49. The molecule has 1 amide bonds. The van der Waals surface area contributed by atoms with Crippen molar-refractivity contribution in [3.05, 3.63) is 12.2 Å². The van der Waals surface area contributed by atoms with Gasteiger partial charge in [0.1, 0.15) is 14.3 Å². The van der Waals surface area contributed by atoms with Gasteiger partial charge >= 0.3 is 0 Å². The van der Waals surface area contributed by atoms with E-state index >= 15 is 0 Å². The van der Waals surface area contributed by atoms with Gasteiger partial charge in [0, 0.05) is 6.92 Å². The van der Waals surface area contributed by atoms with E-state index < -0.39 is 43.1 Å². The van der Waals surface area contributed by atoms with E-state index in [4.69, 9.17) is 5.73 Å². The first-order valence-corrected chi connectivity index (χ1v) is 12.7. The molecule has 7 nitrogen and oxygen atoms in total. The summed E-state index contributed by atoms with van der Waals surface area (Å²) in [5.74, 6) is -0.462. The van der Waals surface area contributed by atoms with E-state index in [0.717, 1.165) is 19.3 Å². The molecule has 8 heteroatoms. The van der Waals surface area contributed by atoms with Gasteiger partial charge in [-0.05, 0) is 12.8 Å². The monoisotopic (exact) mass is 444 g/mol. The summed E-state index contributed by atoms with van der Waals surface area (Å²) >= 11 is 0. The number of nitrogens with two attached hydrogens (primary N) is 1. The van der Waals surface area contributed by atoms with Crippen molar-refractivity contribution in [2.24, 2.45) is 5.73 Å². The molecule has 0 saturated carbocycles. The van der Waals surface area contributed by atoms with Crippen molar-refractivity contribution in [3.63, 3.8) is 0 Å². The van der Waals surface area contributed by atoms with Crippen LogP contribution in [0.1, 0.15) is 90.9 Å². The van der Waals surface area contributed by atoms with Crippen LogP contribution in [0.5, 0.6) is 0 Å². The Hall–Kier alpha value is -0.850. The Morgan fingerprint density at radius 1 is 1.07 bits per heavy atom. The molecule has 3 unspecified atom stereocenters. The first kappa shape index (κ1) is 27.2.